The molecule has 0 heterocycles. The highest BCUT2D eigenvalue weighted by atomic mass is 32.2. The molecule has 0 aromatic heterocycles. The highest BCUT2D eigenvalue weighted by Crippen LogP contribution is 2.33. The van der Waals surface area contributed by atoms with Gasteiger partial charge in [0.15, 0.2) is 0 Å². The molecule has 158 valence electrons. The van der Waals surface area contributed by atoms with Crippen molar-refractivity contribution in [3.8, 4) is 0 Å². The van der Waals surface area contributed by atoms with Crippen molar-refractivity contribution in [2.45, 2.75) is 45.4 Å². The Bertz CT molecular complexity index is 985. The first-order chi connectivity index (χ1) is 14.3. The quantitative estimate of drug-likeness (QED) is 0.410. The number of sulfonamides is 1. The van der Waals surface area contributed by atoms with E-state index < -0.39 is 10.0 Å². The van der Waals surface area contributed by atoms with Crippen molar-refractivity contribution in [3.05, 3.63) is 90.0 Å². The number of anilines is 2. The molecule has 0 amide bonds. The second-order valence-corrected chi connectivity index (χ2v) is 10.4. The van der Waals surface area contributed by atoms with Crippen molar-refractivity contribution >= 4 is 21.4 Å². The molecule has 3 nitrogen and oxygen atoms in total. The lowest BCUT2D eigenvalue weighted by molar-refractivity contribution is 0.596. The zero-order valence-electron chi connectivity index (χ0n) is 18.2. The van der Waals surface area contributed by atoms with Crippen molar-refractivity contribution < 1.29 is 8.42 Å². The van der Waals surface area contributed by atoms with Crippen LogP contribution in [0, 0.1) is 11.8 Å². The van der Waals surface area contributed by atoms with Crippen molar-refractivity contribution in [2.24, 2.45) is 11.8 Å². The second kappa shape index (κ2) is 9.48. The predicted octanol–water partition coefficient (Wildman–Crippen LogP) is 6.61. The second-order valence-electron chi connectivity index (χ2n) is 8.61. The third-order valence-electron chi connectivity index (χ3n) is 4.91. The summed E-state index contributed by atoms with van der Waals surface area (Å²) >= 11 is 0. The molecular formula is C26H31NO2S. The highest BCUT2D eigenvalue weighted by molar-refractivity contribution is 7.93. The van der Waals surface area contributed by atoms with Gasteiger partial charge in [0.1, 0.15) is 0 Å². The summed E-state index contributed by atoms with van der Waals surface area (Å²) in [5.41, 5.74) is 3.70. The van der Waals surface area contributed by atoms with Gasteiger partial charge in [-0.3, -0.25) is 0 Å². The lowest BCUT2D eigenvalue weighted by Crippen LogP contribution is -2.26. The van der Waals surface area contributed by atoms with Gasteiger partial charge in [0.2, 0.25) is 0 Å². The summed E-state index contributed by atoms with van der Waals surface area (Å²) in [5.74, 6) is 1.10. The van der Waals surface area contributed by atoms with Crippen LogP contribution in [0.1, 0.15) is 38.8 Å². The number of rotatable bonds is 8. The normalized spacial score (nSPS) is 11.8. The van der Waals surface area contributed by atoms with Crippen LogP contribution in [0.15, 0.2) is 83.8 Å². The average molecular weight is 422 g/mol. The number of benzene rings is 3. The summed E-state index contributed by atoms with van der Waals surface area (Å²) in [6.45, 7) is 8.72. The molecule has 0 aliphatic rings. The highest BCUT2D eigenvalue weighted by Gasteiger charge is 2.26. The Balaban J connectivity index is 2.05. The van der Waals surface area contributed by atoms with Crippen LogP contribution in [0.4, 0.5) is 11.4 Å². The summed E-state index contributed by atoms with van der Waals surface area (Å²) in [6, 6.07) is 24.3. The lowest BCUT2D eigenvalue weighted by atomic mass is 10.0. The molecular weight excluding hydrogens is 390 g/mol. The van der Waals surface area contributed by atoms with E-state index in [-0.39, 0.29) is 4.90 Å². The van der Waals surface area contributed by atoms with E-state index in [0.717, 1.165) is 12.8 Å². The van der Waals surface area contributed by atoms with E-state index in [2.05, 4.69) is 27.7 Å². The minimum absolute atomic E-state index is 0.280. The smallest absolute Gasteiger partial charge is 0.235 e. The van der Waals surface area contributed by atoms with Crippen molar-refractivity contribution in [2.75, 3.05) is 4.31 Å². The largest absolute Gasteiger partial charge is 0.268 e. The zero-order chi connectivity index (χ0) is 21.7. The van der Waals surface area contributed by atoms with Gasteiger partial charge in [-0.05, 0) is 72.2 Å². The minimum atomic E-state index is -3.75. The number of nitrogens with zero attached hydrogens (tertiary/aromatic N) is 1. The standard InChI is InChI=1S/C26H31NO2S/c1-20(2)18-22-10-14-24(15-11-22)27(30(28,29)26-8-6-5-7-9-26)25-16-12-23(13-17-25)19-21(3)4/h5-17,20-21H,18-19H2,1-4H3. The molecule has 0 N–H and O–H groups in total. The monoisotopic (exact) mass is 421 g/mol. The molecule has 0 saturated heterocycles. The summed E-state index contributed by atoms with van der Waals surface area (Å²) < 4.78 is 28.6. The Hall–Kier alpha value is -2.59. The third-order valence-corrected chi connectivity index (χ3v) is 6.68. The maximum atomic E-state index is 13.6. The molecule has 0 spiro atoms. The van der Waals surface area contributed by atoms with Crippen molar-refractivity contribution in [1.82, 2.24) is 0 Å². The number of hydrogen-bond acceptors (Lipinski definition) is 2. The van der Waals surface area contributed by atoms with E-state index >= 15 is 0 Å². The molecule has 0 atom stereocenters. The Morgan fingerprint density at radius 2 is 1.03 bits per heavy atom. The summed E-state index contributed by atoms with van der Waals surface area (Å²) in [7, 11) is -3.75. The van der Waals surface area contributed by atoms with E-state index in [1.54, 1.807) is 24.3 Å². The van der Waals surface area contributed by atoms with Crippen LogP contribution in [0.2, 0.25) is 0 Å². The predicted molar refractivity (Wildman–Crippen MR) is 126 cm³/mol. The first kappa shape index (κ1) is 22.1. The summed E-state index contributed by atoms with van der Waals surface area (Å²) in [5, 5.41) is 0. The van der Waals surface area contributed by atoms with Gasteiger partial charge in [-0.1, -0.05) is 70.2 Å². The molecule has 30 heavy (non-hydrogen) atoms. The van der Waals surface area contributed by atoms with E-state index in [4.69, 9.17) is 0 Å². The van der Waals surface area contributed by atoms with Crippen LogP contribution in [0.3, 0.4) is 0 Å². The van der Waals surface area contributed by atoms with Gasteiger partial charge in [-0.25, -0.2) is 12.7 Å². The molecule has 3 aromatic carbocycles. The van der Waals surface area contributed by atoms with Gasteiger partial charge < -0.3 is 0 Å². The minimum Gasteiger partial charge on any atom is -0.235 e. The van der Waals surface area contributed by atoms with Crippen LogP contribution in [-0.2, 0) is 22.9 Å². The lowest BCUT2D eigenvalue weighted by Gasteiger charge is -2.25. The van der Waals surface area contributed by atoms with E-state index in [1.807, 2.05) is 54.6 Å². The number of hydrogen-bond donors (Lipinski definition) is 0. The van der Waals surface area contributed by atoms with Gasteiger partial charge in [0, 0.05) is 0 Å². The van der Waals surface area contributed by atoms with Crippen LogP contribution < -0.4 is 4.31 Å². The Labute approximate surface area is 181 Å². The van der Waals surface area contributed by atoms with Crippen molar-refractivity contribution in [1.29, 1.82) is 0 Å². The van der Waals surface area contributed by atoms with Crippen LogP contribution in [0.5, 0.6) is 0 Å². The Morgan fingerprint density at radius 1 is 0.633 bits per heavy atom. The first-order valence-corrected chi connectivity index (χ1v) is 12.0. The molecule has 0 saturated carbocycles. The first-order valence-electron chi connectivity index (χ1n) is 10.6. The molecule has 0 bridgehead atoms. The molecule has 0 unspecified atom stereocenters. The van der Waals surface area contributed by atoms with E-state index in [9.17, 15) is 8.42 Å². The summed E-state index contributed by atoms with van der Waals surface area (Å²) in [6.07, 6.45) is 1.94. The molecule has 0 radical (unpaired) electrons. The maximum Gasteiger partial charge on any atom is 0.268 e. The molecule has 0 aliphatic heterocycles. The van der Waals surface area contributed by atoms with E-state index in [0.29, 0.717) is 23.2 Å². The van der Waals surface area contributed by atoms with Gasteiger partial charge in [-0.2, -0.15) is 0 Å². The van der Waals surface area contributed by atoms with Gasteiger partial charge in [0.25, 0.3) is 10.0 Å². The molecule has 4 heteroatoms. The van der Waals surface area contributed by atoms with Crippen molar-refractivity contribution in [3.63, 3.8) is 0 Å². The molecule has 3 aromatic rings. The fourth-order valence-electron chi connectivity index (χ4n) is 3.60. The van der Waals surface area contributed by atoms with Gasteiger partial charge >= 0.3 is 0 Å². The Morgan fingerprint density at radius 3 is 1.40 bits per heavy atom. The van der Waals surface area contributed by atoms with Gasteiger partial charge in [-0.15, -0.1) is 0 Å². The fourth-order valence-corrected chi connectivity index (χ4v) is 5.11. The van der Waals surface area contributed by atoms with E-state index in [1.165, 1.54) is 15.4 Å². The molecule has 0 aliphatic carbocycles. The average Bonchev–Trinajstić information content (AvgIpc) is 2.70. The Kier molecular flexibility index (Phi) is 6.99. The van der Waals surface area contributed by atoms with Crippen LogP contribution >= 0.6 is 0 Å². The van der Waals surface area contributed by atoms with Gasteiger partial charge in [0.05, 0.1) is 16.3 Å². The topological polar surface area (TPSA) is 37.4 Å². The van der Waals surface area contributed by atoms with Crippen LogP contribution in [-0.4, -0.2) is 8.42 Å². The summed E-state index contributed by atoms with van der Waals surface area (Å²) in [4.78, 5) is 0.280. The zero-order valence-corrected chi connectivity index (χ0v) is 19.1. The third kappa shape index (κ3) is 5.31. The SMILES string of the molecule is CC(C)Cc1ccc(N(c2ccc(CC(C)C)cc2)S(=O)(=O)c2ccccc2)cc1. The molecule has 0 fully saturated rings. The van der Waals surface area contributed by atoms with Crippen LogP contribution in [0.25, 0.3) is 0 Å². The maximum absolute atomic E-state index is 13.6. The fraction of sp³-hybridized carbons (Fsp3) is 0.308. The molecule has 3 rings (SSSR count).